The molecule has 6 nitrogen and oxygen atoms in total. The minimum absolute atomic E-state index is 0.0346. The molecule has 0 unspecified atom stereocenters. The molecule has 0 radical (unpaired) electrons. The van der Waals surface area contributed by atoms with Crippen molar-refractivity contribution in [2.24, 2.45) is 27.2 Å². The highest BCUT2D eigenvalue weighted by atomic mass is 19.4. The molecular weight excluding hydrogens is 342 g/mol. The third-order valence-corrected chi connectivity index (χ3v) is 3.02. The number of guanidine groups is 2. The van der Waals surface area contributed by atoms with Gasteiger partial charge in [-0.3, -0.25) is 9.79 Å². The lowest BCUT2D eigenvalue weighted by atomic mass is 10.0. The molecule has 6 N–H and O–H groups in total. The van der Waals surface area contributed by atoms with Crippen LogP contribution in [0.25, 0.3) is 5.57 Å². The van der Waals surface area contributed by atoms with Crippen molar-refractivity contribution in [1.29, 1.82) is 0 Å². The van der Waals surface area contributed by atoms with Crippen molar-refractivity contribution in [3.8, 4) is 0 Å². The van der Waals surface area contributed by atoms with Gasteiger partial charge < -0.3 is 17.2 Å². The number of carbonyl (C=O) groups is 1. The number of hydrogen-bond acceptors (Lipinski definition) is 2. The minimum Gasteiger partial charge on any atom is -0.370 e. The summed E-state index contributed by atoms with van der Waals surface area (Å²) in [5.41, 5.74) is 18.5. The van der Waals surface area contributed by atoms with Gasteiger partial charge in [-0.1, -0.05) is 18.2 Å². The Hall–Kier alpha value is -2.91. The molecule has 1 aliphatic rings. The maximum atomic E-state index is 13.7. The SMILES string of the molecule is NC(N)=NC(N)=NCCC1=CCc2cccc(F)c21.O=CC(F)(F)F. The van der Waals surface area contributed by atoms with Crippen LogP contribution in [-0.2, 0) is 11.2 Å². The molecule has 0 bridgehead atoms. The molecule has 1 aromatic rings. The summed E-state index contributed by atoms with van der Waals surface area (Å²) in [5.74, 6) is -0.285. The molecule has 1 aromatic carbocycles. The first-order valence-electron chi connectivity index (χ1n) is 7.03. The van der Waals surface area contributed by atoms with Gasteiger partial charge in [0, 0.05) is 12.1 Å². The van der Waals surface area contributed by atoms with E-state index in [9.17, 15) is 17.6 Å². The smallest absolute Gasteiger partial charge is 0.370 e. The molecule has 0 atom stereocenters. The third-order valence-electron chi connectivity index (χ3n) is 3.02. The number of nitrogens with zero attached hydrogens (tertiary/aromatic N) is 2. The van der Waals surface area contributed by atoms with E-state index in [4.69, 9.17) is 22.0 Å². The van der Waals surface area contributed by atoms with Crippen molar-refractivity contribution >= 4 is 23.8 Å². The molecule has 0 amide bonds. The van der Waals surface area contributed by atoms with E-state index in [-0.39, 0.29) is 17.7 Å². The number of carbonyl (C=O) groups excluding carboxylic acids is 1. The number of aliphatic imine (C=N–C) groups is 2. The summed E-state index contributed by atoms with van der Waals surface area (Å²) in [5, 5.41) is 0. The zero-order valence-electron chi connectivity index (χ0n) is 13.1. The number of allylic oxidation sites excluding steroid dienone is 1. The van der Waals surface area contributed by atoms with E-state index in [2.05, 4.69) is 9.98 Å². The fourth-order valence-electron chi connectivity index (χ4n) is 2.12. The van der Waals surface area contributed by atoms with E-state index in [0.29, 0.717) is 18.5 Å². The Balaban J connectivity index is 0.000000450. The van der Waals surface area contributed by atoms with E-state index >= 15 is 0 Å². The molecule has 0 spiro atoms. The van der Waals surface area contributed by atoms with Crippen molar-refractivity contribution in [3.05, 3.63) is 41.2 Å². The number of fused-ring (bicyclic) bond motifs is 1. The number of rotatable bonds is 3. The monoisotopic (exact) mass is 359 g/mol. The molecule has 0 heterocycles. The molecular formula is C15H17F4N5O. The van der Waals surface area contributed by atoms with Gasteiger partial charge in [-0.15, -0.1) is 0 Å². The Kier molecular flexibility index (Phi) is 7.09. The van der Waals surface area contributed by atoms with Gasteiger partial charge in [0.25, 0.3) is 0 Å². The lowest BCUT2D eigenvalue weighted by molar-refractivity contribution is -0.156. The molecule has 0 saturated carbocycles. The van der Waals surface area contributed by atoms with Gasteiger partial charge in [0.2, 0.25) is 12.2 Å². The predicted molar refractivity (Wildman–Crippen MR) is 87.1 cm³/mol. The molecule has 0 fully saturated rings. The summed E-state index contributed by atoms with van der Waals surface area (Å²) in [6.45, 7) is 0.419. The van der Waals surface area contributed by atoms with Crippen molar-refractivity contribution in [1.82, 2.24) is 0 Å². The molecule has 0 aromatic heterocycles. The first kappa shape index (κ1) is 20.1. The van der Waals surface area contributed by atoms with Crippen LogP contribution in [0.4, 0.5) is 17.6 Å². The van der Waals surface area contributed by atoms with Gasteiger partial charge in [0.05, 0.1) is 0 Å². The first-order chi connectivity index (χ1) is 11.6. The van der Waals surface area contributed by atoms with Crippen LogP contribution >= 0.6 is 0 Å². The summed E-state index contributed by atoms with van der Waals surface area (Å²) in [6.07, 6.45) is -2.32. The van der Waals surface area contributed by atoms with E-state index in [1.54, 1.807) is 6.07 Å². The van der Waals surface area contributed by atoms with Gasteiger partial charge >= 0.3 is 6.18 Å². The van der Waals surface area contributed by atoms with E-state index < -0.39 is 12.5 Å². The van der Waals surface area contributed by atoms with Crippen LogP contribution in [0.5, 0.6) is 0 Å². The Morgan fingerprint density at radius 3 is 2.44 bits per heavy atom. The van der Waals surface area contributed by atoms with Crippen molar-refractivity contribution in [2.45, 2.75) is 19.0 Å². The van der Waals surface area contributed by atoms with E-state index in [1.807, 2.05) is 12.1 Å². The number of aldehydes is 1. The molecule has 25 heavy (non-hydrogen) atoms. The normalized spacial score (nSPS) is 13.3. The molecule has 1 aliphatic carbocycles. The van der Waals surface area contributed by atoms with Crippen molar-refractivity contribution in [2.75, 3.05) is 6.54 Å². The van der Waals surface area contributed by atoms with Crippen LogP contribution in [0, 0.1) is 5.82 Å². The van der Waals surface area contributed by atoms with E-state index in [1.165, 1.54) is 6.07 Å². The first-order valence-corrected chi connectivity index (χ1v) is 7.03. The highest BCUT2D eigenvalue weighted by molar-refractivity contribution is 5.92. The summed E-state index contributed by atoms with van der Waals surface area (Å²) < 4.78 is 45.0. The number of hydrogen-bond donors (Lipinski definition) is 3. The predicted octanol–water partition coefficient (Wildman–Crippen LogP) is 1.49. The fraction of sp³-hybridized carbons (Fsp3) is 0.267. The molecule has 2 rings (SSSR count). The second-order valence-corrected chi connectivity index (χ2v) is 4.89. The zero-order chi connectivity index (χ0) is 19.0. The lowest BCUT2D eigenvalue weighted by Gasteiger charge is -2.05. The fourth-order valence-corrected chi connectivity index (χ4v) is 2.12. The summed E-state index contributed by atoms with van der Waals surface area (Å²) in [6, 6.07) is 5.12. The molecule has 0 saturated heterocycles. The highest BCUT2D eigenvalue weighted by Crippen LogP contribution is 2.31. The van der Waals surface area contributed by atoms with Crippen LogP contribution in [0.1, 0.15) is 17.5 Å². The zero-order valence-corrected chi connectivity index (χ0v) is 13.1. The van der Waals surface area contributed by atoms with Gasteiger partial charge in [0.15, 0.2) is 5.96 Å². The second kappa shape index (κ2) is 8.81. The molecule has 10 heteroatoms. The van der Waals surface area contributed by atoms with Gasteiger partial charge in [-0.25, -0.2) is 4.39 Å². The van der Waals surface area contributed by atoms with Gasteiger partial charge in [-0.2, -0.15) is 18.2 Å². The molecule has 136 valence electrons. The molecule has 0 aliphatic heterocycles. The van der Waals surface area contributed by atoms with Crippen LogP contribution in [-0.4, -0.2) is 30.9 Å². The Morgan fingerprint density at radius 1 is 1.24 bits per heavy atom. The van der Waals surface area contributed by atoms with E-state index in [0.717, 1.165) is 17.6 Å². The maximum absolute atomic E-state index is 13.7. The van der Waals surface area contributed by atoms with Crippen molar-refractivity contribution in [3.63, 3.8) is 0 Å². The Morgan fingerprint density at radius 2 is 1.88 bits per heavy atom. The average molecular weight is 359 g/mol. The summed E-state index contributed by atoms with van der Waals surface area (Å²) in [4.78, 5) is 16.3. The Labute approximate surface area is 141 Å². The summed E-state index contributed by atoms with van der Waals surface area (Å²) in [7, 11) is 0. The number of benzene rings is 1. The maximum Gasteiger partial charge on any atom is 0.446 e. The summed E-state index contributed by atoms with van der Waals surface area (Å²) >= 11 is 0. The second-order valence-electron chi connectivity index (χ2n) is 4.89. The minimum atomic E-state index is -4.64. The van der Waals surface area contributed by atoms with Crippen LogP contribution in [0.3, 0.4) is 0 Å². The van der Waals surface area contributed by atoms with Crippen LogP contribution < -0.4 is 17.2 Å². The topological polar surface area (TPSA) is 120 Å². The highest BCUT2D eigenvalue weighted by Gasteiger charge is 2.24. The average Bonchev–Trinajstić information content (AvgIpc) is 2.91. The number of halogens is 4. The van der Waals surface area contributed by atoms with Crippen molar-refractivity contribution < 1.29 is 22.4 Å². The largest absolute Gasteiger partial charge is 0.446 e. The van der Waals surface area contributed by atoms with Crippen LogP contribution in [0.15, 0.2) is 34.3 Å². The standard InChI is InChI=1S/C13H16FN5.C2HF3O/c14-10-3-1-2-8-4-5-9(11(8)10)6-7-18-13(17)19-12(15)16;3-2(4,5)1-6/h1-3,5H,4,6-7H2,(H6,15,16,17,18,19);1H. The van der Waals surface area contributed by atoms with Crippen LogP contribution in [0.2, 0.25) is 0 Å². The third kappa shape index (κ3) is 7.02. The number of nitrogens with two attached hydrogens (primary N) is 3. The lowest BCUT2D eigenvalue weighted by Crippen LogP contribution is -2.26. The van der Waals surface area contributed by atoms with Gasteiger partial charge in [-0.05, 0) is 30.0 Å². The quantitative estimate of drug-likeness (QED) is 0.328. The number of alkyl halides is 3. The van der Waals surface area contributed by atoms with Gasteiger partial charge in [0.1, 0.15) is 5.82 Å². The Bertz CT molecular complexity index is 706.